The summed E-state index contributed by atoms with van der Waals surface area (Å²) in [6.45, 7) is 11.0. The molecule has 0 unspecified atom stereocenters. The Balaban J connectivity index is 2.86. The molecule has 0 amide bonds. The first-order chi connectivity index (χ1) is 9.19. The third-order valence-corrected chi connectivity index (χ3v) is 5.79. The Morgan fingerprint density at radius 2 is 1.63 bits per heavy atom. The van der Waals surface area contributed by atoms with Gasteiger partial charge in [0, 0.05) is 19.3 Å². The lowest BCUT2D eigenvalue weighted by atomic mass is 10.2. The van der Waals surface area contributed by atoms with Crippen LogP contribution >= 0.6 is 0 Å². The fourth-order valence-electron chi connectivity index (χ4n) is 1.89. The first-order valence-electron chi connectivity index (χ1n) is 6.89. The molecular weight excluding hydrogens is 256 g/mol. The molecule has 1 rings (SSSR count). The molecule has 0 aliphatic rings. The van der Waals surface area contributed by atoms with Crippen LogP contribution in [0, 0.1) is 0 Å². The molecule has 0 saturated carbocycles. The number of benzene rings is 1. The van der Waals surface area contributed by atoms with Crippen LogP contribution in [0.5, 0.6) is 5.75 Å². The second-order valence-corrected chi connectivity index (χ2v) is 6.82. The summed E-state index contributed by atoms with van der Waals surface area (Å²) >= 11 is 0. The van der Waals surface area contributed by atoms with Crippen molar-refractivity contribution in [3.8, 4) is 5.75 Å². The SMILES string of the molecule is C=Cc1ccc(O[Si](CCC)(OCC)OCC)cc1. The summed E-state index contributed by atoms with van der Waals surface area (Å²) < 4.78 is 17.8. The van der Waals surface area contributed by atoms with E-state index in [2.05, 4.69) is 13.5 Å². The van der Waals surface area contributed by atoms with Crippen LogP contribution in [0.1, 0.15) is 32.8 Å². The van der Waals surface area contributed by atoms with Gasteiger partial charge in [-0.2, -0.15) is 0 Å². The summed E-state index contributed by atoms with van der Waals surface area (Å²) in [6.07, 6.45) is 2.79. The highest BCUT2D eigenvalue weighted by Crippen LogP contribution is 2.23. The Kier molecular flexibility index (Phi) is 6.84. The zero-order chi connectivity index (χ0) is 14.1. The molecule has 0 fully saturated rings. The van der Waals surface area contributed by atoms with Crippen molar-refractivity contribution >= 4 is 14.9 Å². The van der Waals surface area contributed by atoms with Gasteiger partial charge in [-0.15, -0.1) is 0 Å². The zero-order valence-corrected chi connectivity index (χ0v) is 13.1. The van der Waals surface area contributed by atoms with E-state index in [-0.39, 0.29) is 0 Å². The molecule has 0 atom stereocenters. The van der Waals surface area contributed by atoms with Crippen LogP contribution < -0.4 is 4.43 Å². The topological polar surface area (TPSA) is 27.7 Å². The molecule has 0 aliphatic carbocycles. The van der Waals surface area contributed by atoms with E-state index in [1.165, 1.54) is 0 Å². The van der Waals surface area contributed by atoms with Crippen LogP contribution in [0.4, 0.5) is 0 Å². The van der Waals surface area contributed by atoms with E-state index in [9.17, 15) is 0 Å². The predicted octanol–water partition coefficient (Wildman–Crippen LogP) is 4.13. The summed E-state index contributed by atoms with van der Waals surface area (Å²) in [4.78, 5) is 0. The average molecular weight is 280 g/mol. The summed E-state index contributed by atoms with van der Waals surface area (Å²) in [5.41, 5.74) is 1.07. The molecule has 0 radical (unpaired) electrons. The van der Waals surface area contributed by atoms with Gasteiger partial charge in [-0.1, -0.05) is 38.1 Å². The van der Waals surface area contributed by atoms with Crippen molar-refractivity contribution < 1.29 is 13.3 Å². The number of hydrogen-bond acceptors (Lipinski definition) is 3. The average Bonchev–Trinajstić information content (AvgIpc) is 2.40. The summed E-state index contributed by atoms with van der Waals surface area (Å²) in [5, 5.41) is 0. The third-order valence-electron chi connectivity index (χ3n) is 2.67. The Morgan fingerprint density at radius 1 is 1.05 bits per heavy atom. The Hall–Kier alpha value is -1.10. The highest BCUT2D eigenvalue weighted by Gasteiger charge is 2.42. The minimum atomic E-state index is -2.59. The fourth-order valence-corrected chi connectivity index (χ4v) is 4.47. The van der Waals surface area contributed by atoms with Crippen molar-refractivity contribution in [3.63, 3.8) is 0 Å². The third kappa shape index (κ3) is 4.82. The minimum Gasteiger partial charge on any atom is -0.501 e. The number of rotatable bonds is 9. The van der Waals surface area contributed by atoms with Crippen LogP contribution in [0.3, 0.4) is 0 Å². The van der Waals surface area contributed by atoms with Crippen LogP contribution in [-0.4, -0.2) is 22.0 Å². The molecule has 0 heterocycles. The minimum absolute atomic E-state index is 0.608. The van der Waals surface area contributed by atoms with Crippen LogP contribution in [0.25, 0.3) is 6.08 Å². The van der Waals surface area contributed by atoms with E-state index in [4.69, 9.17) is 13.3 Å². The van der Waals surface area contributed by atoms with Gasteiger partial charge in [-0.25, -0.2) is 0 Å². The van der Waals surface area contributed by atoms with E-state index in [0.29, 0.717) is 13.2 Å². The highest BCUT2D eigenvalue weighted by molar-refractivity contribution is 6.61. The van der Waals surface area contributed by atoms with Gasteiger partial charge >= 0.3 is 8.80 Å². The van der Waals surface area contributed by atoms with Crippen LogP contribution in [0.15, 0.2) is 30.8 Å². The fraction of sp³-hybridized carbons (Fsp3) is 0.467. The maximum Gasteiger partial charge on any atom is 0.566 e. The van der Waals surface area contributed by atoms with Gasteiger partial charge in [0.05, 0.1) is 0 Å². The van der Waals surface area contributed by atoms with E-state index in [0.717, 1.165) is 23.8 Å². The molecular formula is C15H24O3Si. The summed E-state index contributed by atoms with van der Waals surface area (Å²) in [5.74, 6) is 0.799. The van der Waals surface area contributed by atoms with Crippen molar-refractivity contribution in [1.29, 1.82) is 0 Å². The molecule has 0 saturated heterocycles. The van der Waals surface area contributed by atoms with E-state index in [1.54, 1.807) is 0 Å². The largest absolute Gasteiger partial charge is 0.566 e. The maximum absolute atomic E-state index is 6.08. The molecule has 0 spiro atoms. The van der Waals surface area contributed by atoms with Gasteiger partial charge in [0.15, 0.2) is 0 Å². The molecule has 0 bridgehead atoms. The highest BCUT2D eigenvalue weighted by atomic mass is 28.4. The molecule has 19 heavy (non-hydrogen) atoms. The van der Waals surface area contributed by atoms with Crippen LogP contribution in [-0.2, 0) is 8.85 Å². The van der Waals surface area contributed by atoms with Crippen LogP contribution in [0.2, 0.25) is 6.04 Å². The normalized spacial score (nSPS) is 11.3. The molecule has 106 valence electrons. The first kappa shape index (κ1) is 16.0. The molecule has 0 aromatic heterocycles. The van der Waals surface area contributed by atoms with E-state index in [1.807, 2.05) is 44.2 Å². The summed E-state index contributed by atoms with van der Waals surface area (Å²) in [7, 11) is -2.59. The lowest BCUT2D eigenvalue weighted by molar-refractivity contribution is 0.116. The van der Waals surface area contributed by atoms with Crippen molar-refractivity contribution in [2.75, 3.05) is 13.2 Å². The first-order valence-corrected chi connectivity index (χ1v) is 8.82. The Labute approximate surface area is 117 Å². The maximum atomic E-state index is 6.08. The smallest absolute Gasteiger partial charge is 0.501 e. The van der Waals surface area contributed by atoms with Crippen molar-refractivity contribution in [1.82, 2.24) is 0 Å². The van der Waals surface area contributed by atoms with E-state index >= 15 is 0 Å². The Bertz CT molecular complexity index is 358. The summed E-state index contributed by atoms with van der Waals surface area (Å²) in [6, 6.07) is 8.66. The van der Waals surface area contributed by atoms with Gasteiger partial charge in [-0.3, -0.25) is 0 Å². The van der Waals surface area contributed by atoms with E-state index < -0.39 is 8.80 Å². The molecule has 4 heteroatoms. The second kappa shape index (κ2) is 8.14. The number of hydrogen-bond donors (Lipinski definition) is 0. The zero-order valence-electron chi connectivity index (χ0n) is 12.1. The molecule has 0 N–H and O–H groups in total. The second-order valence-electron chi connectivity index (χ2n) is 4.17. The van der Waals surface area contributed by atoms with Gasteiger partial charge < -0.3 is 13.3 Å². The van der Waals surface area contributed by atoms with Gasteiger partial charge in [0.1, 0.15) is 5.75 Å². The van der Waals surface area contributed by atoms with Crippen molar-refractivity contribution in [2.24, 2.45) is 0 Å². The van der Waals surface area contributed by atoms with Gasteiger partial charge in [0.25, 0.3) is 0 Å². The predicted molar refractivity (Wildman–Crippen MR) is 81.3 cm³/mol. The van der Waals surface area contributed by atoms with Gasteiger partial charge in [0.2, 0.25) is 0 Å². The standard InChI is InChI=1S/C15H24O3Si/c1-5-13-19(16-7-3,17-8-4)18-15-11-9-14(6-2)10-12-15/h6,9-12H,2,5,7-8,13H2,1,3-4H3. The Morgan fingerprint density at radius 3 is 2.05 bits per heavy atom. The molecule has 0 aliphatic heterocycles. The lowest BCUT2D eigenvalue weighted by Gasteiger charge is -2.29. The van der Waals surface area contributed by atoms with Gasteiger partial charge in [-0.05, 0) is 31.5 Å². The quantitative estimate of drug-likeness (QED) is 0.637. The molecule has 1 aromatic carbocycles. The monoisotopic (exact) mass is 280 g/mol. The van der Waals surface area contributed by atoms with Crippen molar-refractivity contribution in [2.45, 2.75) is 33.2 Å². The lowest BCUT2D eigenvalue weighted by Crippen LogP contribution is -2.48. The van der Waals surface area contributed by atoms with Crippen molar-refractivity contribution in [3.05, 3.63) is 36.4 Å². The molecule has 1 aromatic rings. The molecule has 3 nitrogen and oxygen atoms in total.